The number of thiophene rings is 1. The standard InChI is InChI=1S/C11H9FOS2/c12-9-4-8(7-13)5-10(6-9)15-11-2-1-3-14-11/h1-6,13H,7H2. The molecule has 1 aromatic heterocycles. The van der Waals surface area contributed by atoms with E-state index >= 15 is 0 Å². The predicted octanol–water partition coefficient (Wildman–Crippen LogP) is 3.53. The number of hydrogen-bond acceptors (Lipinski definition) is 3. The van der Waals surface area contributed by atoms with Gasteiger partial charge in [-0.05, 0) is 35.2 Å². The molecule has 1 aromatic carbocycles. The lowest BCUT2D eigenvalue weighted by Gasteiger charge is -2.02. The summed E-state index contributed by atoms with van der Waals surface area (Å²) in [7, 11) is 0. The van der Waals surface area contributed by atoms with E-state index in [0.717, 1.165) is 9.10 Å². The Labute approximate surface area is 95.6 Å². The maximum atomic E-state index is 13.1. The lowest BCUT2D eigenvalue weighted by Crippen LogP contribution is -1.86. The van der Waals surface area contributed by atoms with Crippen molar-refractivity contribution in [2.75, 3.05) is 0 Å². The van der Waals surface area contributed by atoms with E-state index in [4.69, 9.17) is 5.11 Å². The van der Waals surface area contributed by atoms with Crippen LogP contribution in [0.5, 0.6) is 0 Å². The van der Waals surface area contributed by atoms with E-state index in [-0.39, 0.29) is 12.4 Å². The molecular weight excluding hydrogens is 231 g/mol. The highest BCUT2D eigenvalue weighted by Gasteiger charge is 2.02. The third-order valence-electron chi connectivity index (χ3n) is 1.83. The quantitative estimate of drug-likeness (QED) is 0.885. The van der Waals surface area contributed by atoms with Crippen LogP contribution < -0.4 is 0 Å². The van der Waals surface area contributed by atoms with Gasteiger partial charge in [-0.2, -0.15) is 0 Å². The molecule has 0 amide bonds. The van der Waals surface area contributed by atoms with Gasteiger partial charge in [0.05, 0.1) is 10.8 Å². The van der Waals surface area contributed by atoms with Crippen LogP contribution in [0.1, 0.15) is 5.56 Å². The van der Waals surface area contributed by atoms with E-state index in [0.29, 0.717) is 5.56 Å². The summed E-state index contributed by atoms with van der Waals surface area (Å²) in [5.74, 6) is -0.305. The lowest BCUT2D eigenvalue weighted by atomic mass is 10.2. The molecule has 0 atom stereocenters. The van der Waals surface area contributed by atoms with Crippen LogP contribution in [-0.4, -0.2) is 5.11 Å². The molecule has 0 unspecified atom stereocenters. The molecule has 1 heterocycles. The van der Waals surface area contributed by atoms with E-state index in [1.165, 1.54) is 23.9 Å². The van der Waals surface area contributed by atoms with Crippen molar-refractivity contribution in [3.8, 4) is 0 Å². The number of aliphatic hydroxyl groups is 1. The van der Waals surface area contributed by atoms with Gasteiger partial charge in [0.15, 0.2) is 0 Å². The van der Waals surface area contributed by atoms with Crippen molar-refractivity contribution in [1.29, 1.82) is 0 Å². The fraction of sp³-hybridized carbons (Fsp3) is 0.0909. The first-order chi connectivity index (χ1) is 7.28. The van der Waals surface area contributed by atoms with E-state index in [2.05, 4.69) is 0 Å². The second kappa shape index (κ2) is 4.79. The SMILES string of the molecule is OCc1cc(F)cc(Sc2cccs2)c1. The Hall–Kier alpha value is -0.840. The Morgan fingerprint density at radius 3 is 2.87 bits per heavy atom. The normalized spacial score (nSPS) is 10.5. The van der Waals surface area contributed by atoms with Crippen LogP contribution in [-0.2, 0) is 6.61 Å². The van der Waals surface area contributed by atoms with Gasteiger partial charge < -0.3 is 5.11 Å². The highest BCUT2D eigenvalue weighted by atomic mass is 32.2. The Morgan fingerprint density at radius 2 is 2.20 bits per heavy atom. The molecule has 0 aliphatic carbocycles. The first kappa shape index (κ1) is 10.7. The molecule has 0 spiro atoms. The highest BCUT2D eigenvalue weighted by Crippen LogP contribution is 2.32. The zero-order valence-corrected chi connectivity index (χ0v) is 9.45. The van der Waals surface area contributed by atoms with Crippen molar-refractivity contribution < 1.29 is 9.50 Å². The Balaban J connectivity index is 2.24. The molecule has 2 rings (SSSR count). The molecule has 0 saturated carbocycles. The molecule has 0 saturated heterocycles. The van der Waals surface area contributed by atoms with Crippen LogP contribution in [0.15, 0.2) is 44.8 Å². The first-order valence-corrected chi connectivity index (χ1v) is 6.09. The zero-order valence-electron chi connectivity index (χ0n) is 7.81. The van der Waals surface area contributed by atoms with E-state index < -0.39 is 0 Å². The zero-order chi connectivity index (χ0) is 10.7. The van der Waals surface area contributed by atoms with Gasteiger partial charge >= 0.3 is 0 Å². The summed E-state index contributed by atoms with van der Waals surface area (Å²) in [5.41, 5.74) is 0.606. The molecular formula is C11H9FOS2. The lowest BCUT2D eigenvalue weighted by molar-refractivity contribution is 0.281. The number of benzene rings is 1. The van der Waals surface area contributed by atoms with Gasteiger partial charge in [0.25, 0.3) is 0 Å². The topological polar surface area (TPSA) is 20.2 Å². The molecule has 0 aliphatic heterocycles. The van der Waals surface area contributed by atoms with Crippen molar-refractivity contribution in [1.82, 2.24) is 0 Å². The van der Waals surface area contributed by atoms with Crippen LogP contribution in [0.3, 0.4) is 0 Å². The van der Waals surface area contributed by atoms with Gasteiger partial charge in [-0.15, -0.1) is 11.3 Å². The summed E-state index contributed by atoms with van der Waals surface area (Å²) < 4.78 is 14.2. The number of rotatable bonds is 3. The molecule has 0 aliphatic rings. The summed E-state index contributed by atoms with van der Waals surface area (Å²) in [6.45, 7) is -0.129. The first-order valence-electron chi connectivity index (χ1n) is 4.39. The maximum absolute atomic E-state index is 13.1. The molecule has 0 radical (unpaired) electrons. The summed E-state index contributed by atoms with van der Waals surface area (Å²) in [5, 5.41) is 10.9. The molecule has 4 heteroatoms. The van der Waals surface area contributed by atoms with Gasteiger partial charge in [0.1, 0.15) is 5.82 Å². The fourth-order valence-corrected chi connectivity index (χ4v) is 3.07. The van der Waals surface area contributed by atoms with Gasteiger partial charge in [-0.25, -0.2) is 4.39 Å². The molecule has 2 aromatic rings. The van der Waals surface area contributed by atoms with Crippen molar-refractivity contribution in [3.05, 3.63) is 47.1 Å². The largest absolute Gasteiger partial charge is 0.392 e. The second-order valence-corrected chi connectivity index (χ2v) is 5.31. The average molecular weight is 240 g/mol. The smallest absolute Gasteiger partial charge is 0.124 e. The third kappa shape index (κ3) is 2.81. The summed E-state index contributed by atoms with van der Waals surface area (Å²) in [6.07, 6.45) is 0. The number of aliphatic hydroxyl groups excluding tert-OH is 1. The third-order valence-corrected chi connectivity index (χ3v) is 3.84. The van der Waals surface area contributed by atoms with E-state index in [1.807, 2.05) is 17.5 Å². The van der Waals surface area contributed by atoms with E-state index in [9.17, 15) is 4.39 Å². The minimum atomic E-state index is -0.305. The molecule has 78 valence electrons. The van der Waals surface area contributed by atoms with Crippen LogP contribution in [0, 0.1) is 5.82 Å². The van der Waals surface area contributed by atoms with Gasteiger partial charge in [0, 0.05) is 4.90 Å². The van der Waals surface area contributed by atoms with Crippen LogP contribution in [0.25, 0.3) is 0 Å². The Kier molecular flexibility index (Phi) is 3.41. The summed E-state index contributed by atoms with van der Waals surface area (Å²) in [4.78, 5) is 0.821. The Bertz CT molecular complexity index is 440. The van der Waals surface area contributed by atoms with Crippen LogP contribution in [0.4, 0.5) is 4.39 Å². The summed E-state index contributed by atoms with van der Waals surface area (Å²) in [6, 6.07) is 8.56. The fourth-order valence-electron chi connectivity index (χ4n) is 1.21. The number of halogens is 1. The molecule has 0 fully saturated rings. The molecule has 0 bridgehead atoms. The van der Waals surface area contributed by atoms with Gasteiger partial charge in [0.2, 0.25) is 0 Å². The van der Waals surface area contributed by atoms with Crippen LogP contribution in [0.2, 0.25) is 0 Å². The van der Waals surface area contributed by atoms with Crippen molar-refractivity contribution >= 4 is 23.1 Å². The van der Waals surface area contributed by atoms with Crippen molar-refractivity contribution in [3.63, 3.8) is 0 Å². The van der Waals surface area contributed by atoms with Crippen molar-refractivity contribution in [2.24, 2.45) is 0 Å². The van der Waals surface area contributed by atoms with Crippen LogP contribution >= 0.6 is 23.1 Å². The predicted molar refractivity (Wildman–Crippen MR) is 60.8 cm³/mol. The van der Waals surface area contributed by atoms with Gasteiger partial charge in [-0.3, -0.25) is 0 Å². The maximum Gasteiger partial charge on any atom is 0.124 e. The summed E-state index contributed by atoms with van der Waals surface area (Å²) >= 11 is 3.12. The second-order valence-electron chi connectivity index (χ2n) is 2.99. The van der Waals surface area contributed by atoms with E-state index in [1.54, 1.807) is 17.4 Å². The molecule has 1 N–H and O–H groups in total. The van der Waals surface area contributed by atoms with Crippen molar-refractivity contribution in [2.45, 2.75) is 15.7 Å². The van der Waals surface area contributed by atoms with Gasteiger partial charge in [-0.1, -0.05) is 17.8 Å². The monoisotopic (exact) mass is 240 g/mol. The highest BCUT2D eigenvalue weighted by molar-refractivity contribution is 8.01. The number of hydrogen-bond donors (Lipinski definition) is 1. The molecule has 15 heavy (non-hydrogen) atoms. The average Bonchev–Trinajstić information content (AvgIpc) is 2.69. The minimum absolute atomic E-state index is 0.129. The Morgan fingerprint density at radius 1 is 1.33 bits per heavy atom. The molecule has 1 nitrogen and oxygen atoms in total. The minimum Gasteiger partial charge on any atom is -0.392 e.